The summed E-state index contributed by atoms with van der Waals surface area (Å²) in [6.07, 6.45) is 3.53. The van der Waals surface area contributed by atoms with Crippen molar-refractivity contribution in [2.75, 3.05) is 6.54 Å². The third-order valence-electron chi connectivity index (χ3n) is 2.72. The maximum absolute atomic E-state index is 5.90. The van der Waals surface area contributed by atoms with Gasteiger partial charge in [-0.25, -0.2) is 0 Å². The molecule has 96 valence electrons. The second kappa shape index (κ2) is 5.54. The first-order valence-corrected chi connectivity index (χ1v) is 6.51. The first-order chi connectivity index (χ1) is 8.60. The summed E-state index contributed by atoms with van der Waals surface area (Å²) in [6.45, 7) is 2.44. The largest absolute Gasteiger partial charge is 0.484 e. The van der Waals surface area contributed by atoms with Crippen LogP contribution in [-0.2, 0) is 7.05 Å². The quantitative estimate of drug-likeness (QED) is 0.944. The fourth-order valence-electron chi connectivity index (χ4n) is 1.71. The minimum absolute atomic E-state index is 0.167. The van der Waals surface area contributed by atoms with Gasteiger partial charge in [-0.2, -0.15) is 5.10 Å². The predicted octanol–water partition coefficient (Wildman–Crippen LogP) is 2.57. The second-order valence-electron chi connectivity index (χ2n) is 4.20. The maximum Gasteiger partial charge on any atom is 0.139 e. The van der Waals surface area contributed by atoms with Gasteiger partial charge in [0.2, 0.25) is 0 Å². The highest BCUT2D eigenvalue weighted by Gasteiger charge is 2.13. The highest BCUT2D eigenvalue weighted by molar-refractivity contribution is 9.10. The molecule has 1 unspecified atom stereocenters. The van der Waals surface area contributed by atoms with Crippen molar-refractivity contribution in [2.24, 2.45) is 12.8 Å². The van der Waals surface area contributed by atoms with Gasteiger partial charge >= 0.3 is 0 Å². The zero-order chi connectivity index (χ0) is 13.1. The van der Waals surface area contributed by atoms with Gasteiger partial charge in [0.15, 0.2) is 0 Å². The fraction of sp³-hybridized carbons (Fsp3) is 0.308. The Morgan fingerprint density at radius 3 is 2.83 bits per heavy atom. The third kappa shape index (κ3) is 2.91. The van der Waals surface area contributed by atoms with Crippen molar-refractivity contribution < 1.29 is 4.74 Å². The molecule has 0 amide bonds. The Kier molecular flexibility index (Phi) is 4.04. The highest BCUT2D eigenvalue weighted by Crippen LogP contribution is 2.25. The van der Waals surface area contributed by atoms with Crippen LogP contribution in [0.5, 0.6) is 5.75 Å². The molecule has 0 bridgehead atoms. The molecule has 1 atom stereocenters. The Balaban J connectivity index is 2.17. The average molecular weight is 310 g/mol. The lowest BCUT2D eigenvalue weighted by molar-refractivity contribution is 0.214. The molecule has 2 rings (SSSR count). The number of benzene rings is 1. The first kappa shape index (κ1) is 13.1. The van der Waals surface area contributed by atoms with Gasteiger partial charge in [-0.15, -0.1) is 0 Å². The number of hydrogen-bond acceptors (Lipinski definition) is 3. The van der Waals surface area contributed by atoms with Crippen LogP contribution in [-0.4, -0.2) is 16.3 Å². The molecule has 1 aromatic heterocycles. The standard InChI is InChI=1S/C13H16BrN3O/c1-9-5-11(3-4-12(9)14)18-13(6-15)10-7-16-17(2)8-10/h3-5,7-8,13H,6,15H2,1-2H3. The lowest BCUT2D eigenvalue weighted by Crippen LogP contribution is -2.18. The molecule has 0 radical (unpaired) electrons. The zero-order valence-corrected chi connectivity index (χ0v) is 12.0. The number of nitrogens with zero attached hydrogens (tertiary/aromatic N) is 2. The Hall–Kier alpha value is -1.33. The van der Waals surface area contributed by atoms with Crippen LogP contribution in [0.3, 0.4) is 0 Å². The summed E-state index contributed by atoms with van der Waals surface area (Å²) in [7, 11) is 1.88. The van der Waals surface area contributed by atoms with Crippen molar-refractivity contribution in [1.29, 1.82) is 0 Å². The van der Waals surface area contributed by atoms with Crippen LogP contribution in [0.2, 0.25) is 0 Å². The maximum atomic E-state index is 5.90. The van der Waals surface area contributed by atoms with Gasteiger partial charge in [0.1, 0.15) is 11.9 Å². The van der Waals surface area contributed by atoms with Crippen LogP contribution in [0.1, 0.15) is 17.2 Å². The lowest BCUT2D eigenvalue weighted by Gasteiger charge is -2.16. The molecule has 0 saturated carbocycles. The summed E-state index contributed by atoms with van der Waals surface area (Å²) >= 11 is 3.47. The molecule has 1 aromatic carbocycles. The number of ether oxygens (including phenoxy) is 1. The van der Waals surface area contributed by atoms with E-state index in [0.717, 1.165) is 21.3 Å². The lowest BCUT2D eigenvalue weighted by atomic mass is 10.2. The number of aryl methyl sites for hydroxylation is 2. The molecule has 0 spiro atoms. The number of nitrogens with two attached hydrogens (primary N) is 1. The van der Waals surface area contributed by atoms with Gasteiger partial charge in [0.25, 0.3) is 0 Å². The topological polar surface area (TPSA) is 53.1 Å². The fourth-order valence-corrected chi connectivity index (χ4v) is 1.96. The summed E-state index contributed by atoms with van der Waals surface area (Å²) in [5.41, 5.74) is 7.88. The molecule has 0 fully saturated rings. The van der Waals surface area contributed by atoms with Gasteiger partial charge in [-0.1, -0.05) is 15.9 Å². The SMILES string of the molecule is Cc1cc(OC(CN)c2cnn(C)c2)ccc1Br. The molecule has 2 N–H and O–H groups in total. The molecule has 4 nitrogen and oxygen atoms in total. The summed E-state index contributed by atoms with van der Waals surface area (Å²) < 4.78 is 8.71. The van der Waals surface area contributed by atoms with E-state index in [4.69, 9.17) is 10.5 Å². The molecule has 5 heteroatoms. The van der Waals surface area contributed by atoms with Gasteiger partial charge < -0.3 is 10.5 Å². The molecule has 1 heterocycles. The Morgan fingerprint density at radius 1 is 1.50 bits per heavy atom. The summed E-state index contributed by atoms with van der Waals surface area (Å²) in [5, 5.41) is 4.13. The van der Waals surface area contributed by atoms with E-state index in [1.54, 1.807) is 10.9 Å². The molecule has 0 aliphatic heterocycles. The van der Waals surface area contributed by atoms with E-state index in [0.29, 0.717) is 6.54 Å². The van der Waals surface area contributed by atoms with E-state index in [9.17, 15) is 0 Å². The number of rotatable bonds is 4. The first-order valence-electron chi connectivity index (χ1n) is 5.71. The molecule has 2 aromatic rings. The molecular formula is C13H16BrN3O. The van der Waals surface area contributed by atoms with E-state index in [-0.39, 0.29) is 6.10 Å². The van der Waals surface area contributed by atoms with Gasteiger partial charge in [-0.05, 0) is 30.7 Å². The van der Waals surface area contributed by atoms with E-state index >= 15 is 0 Å². The van der Waals surface area contributed by atoms with E-state index in [1.165, 1.54) is 0 Å². The average Bonchev–Trinajstić information content (AvgIpc) is 2.77. The van der Waals surface area contributed by atoms with Crippen molar-refractivity contribution in [1.82, 2.24) is 9.78 Å². The van der Waals surface area contributed by atoms with Crippen molar-refractivity contribution >= 4 is 15.9 Å². The number of halogens is 1. The third-order valence-corrected chi connectivity index (χ3v) is 3.61. The summed E-state index contributed by atoms with van der Waals surface area (Å²) in [6, 6.07) is 5.89. The van der Waals surface area contributed by atoms with E-state index < -0.39 is 0 Å². The van der Waals surface area contributed by atoms with E-state index in [1.807, 2.05) is 38.4 Å². The number of aromatic nitrogens is 2. The minimum Gasteiger partial charge on any atom is -0.484 e. The molecule has 0 aliphatic carbocycles. The Labute approximate surface area is 115 Å². The molecule has 0 aliphatic rings. The summed E-state index contributed by atoms with van der Waals surface area (Å²) in [4.78, 5) is 0. The molecule has 0 saturated heterocycles. The normalized spacial score (nSPS) is 12.4. The zero-order valence-electron chi connectivity index (χ0n) is 10.4. The van der Waals surface area contributed by atoms with Gasteiger partial charge in [0, 0.05) is 29.8 Å². The van der Waals surface area contributed by atoms with Crippen LogP contribution in [0.15, 0.2) is 35.1 Å². The van der Waals surface area contributed by atoms with Crippen molar-refractivity contribution in [3.05, 3.63) is 46.2 Å². The Bertz CT molecular complexity index is 539. The van der Waals surface area contributed by atoms with Crippen molar-refractivity contribution in [2.45, 2.75) is 13.0 Å². The van der Waals surface area contributed by atoms with Crippen molar-refractivity contribution in [3.63, 3.8) is 0 Å². The van der Waals surface area contributed by atoms with E-state index in [2.05, 4.69) is 21.0 Å². The monoisotopic (exact) mass is 309 g/mol. The van der Waals surface area contributed by atoms with Crippen molar-refractivity contribution in [3.8, 4) is 5.75 Å². The van der Waals surface area contributed by atoms with Gasteiger partial charge in [0.05, 0.1) is 6.20 Å². The van der Waals surface area contributed by atoms with Gasteiger partial charge in [-0.3, -0.25) is 4.68 Å². The van der Waals surface area contributed by atoms with Crippen LogP contribution >= 0.6 is 15.9 Å². The van der Waals surface area contributed by atoms with Crippen LogP contribution in [0, 0.1) is 6.92 Å². The summed E-state index contributed by atoms with van der Waals surface area (Å²) in [5.74, 6) is 0.815. The highest BCUT2D eigenvalue weighted by atomic mass is 79.9. The minimum atomic E-state index is -0.167. The second-order valence-corrected chi connectivity index (χ2v) is 5.05. The van der Waals surface area contributed by atoms with Crippen LogP contribution in [0.25, 0.3) is 0 Å². The van der Waals surface area contributed by atoms with Crippen LogP contribution in [0.4, 0.5) is 0 Å². The molecule has 18 heavy (non-hydrogen) atoms. The number of hydrogen-bond donors (Lipinski definition) is 1. The Morgan fingerprint density at radius 2 is 2.28 bits per heavy atom. The van der Waals surface area contributed by atoms with Crippen LogP contribution < -0.4 is 10.5 Å². The predicted molar refractivity (Wildman–Crippen MR) is 74.5 cm³/mol. The smallest absolute Gasteiger partial charge is 0.139 e. The molecular weight excluding hydrogens is 294 g/mol.